The molecule has 0 radical (unpaired) electrons. The molecule has 5 rings (SSSR count). The van der Waals surface area contributed by atoms with Crippen molar-refractivity contribution in [1.82, 2.24) is 4.90 Å². The summed E-state index contributed by atoms with van der Waals surface area (Å²) in [5.74, 6) is -7.59. The van der Waals surface area contributed by atoms with Crippen LogP contribution in [0.4, 0.5) is 20.2 Å². The number of anilines is 2. The van der Waals surface area contributed by atoms with Gasteiger partial charge in [0.05, 0.1) is 34.6 Å². The number of nitrogens with zero attached hydrogens (tertiary/aromatic N) is 2. The van der Waals surface area contributed by atoms with Gasteiger partial charge >= 0.3 is 5.97 Å². The van der Waals surface area contributed by atoms with Gasteiger partial charge in [-0.2, -0.15) is 0 Å². The number of aliphatic carboxylic acids is 1. The Bertz CT molecular complexity index is 1260. The van der Waals surface area contributed by atoms with Crippen LogP contribution in [0.3, 0.4) is 0 Å². The van der Waals surface area contributed by atoms with E-state index >= 15 is 0 Å². The third-order valence-corrected chi connectivity index (χ3v) is 8.41. The van der Waals surface area contributed by atoms with E-state index in [1.165, 1.54) is 34.1 Å². The first-order valence-electron chi connectivity index (χ1n) is 11.3. The molecule has 36 heavy (non-hydrogen) atoms. The number of benzene rings is 2. The van der Waals surface area contributed by atoms with Crippen LogP contribution in [-0.2, 0) is 15.1 Å². The second-order valence-corrected chi connectivity index (χ2v) is 11.1. The molecular weight excluding hydrogens is 558 g/mol. The number of hydrogen-bond acceptors (Lipinski definition) is 4. The maximum absolute atomic E-state index is 14.9. The molecular formula is C24H21Cl4F2N3O3. The molecule has 6 nitrogen and oxygen atoms in total. The molecule has 0 unspecified atom stereocenters. The highest BCUT2D eigenvalue weighted by atomic mass is 35.5. The van der Waals surface area contributed by atoms with Gasteiger partial charge in [0.1, 0.15) is 0 Å². The molecule has 2 saturated heterocycles. The van der Waals surface area contributed by atoms with Gasteiger partial charge < -0.3 is 15.3 Å². The average Bonchev–Trinajstić information content (AvgIpc) is 3.37. The van der Waals surface area contributed by atoms with Gasteiger partial charge in [-0.25, -0.2) is 8.78 Å². The normalized spacial score (nSPS) is 28.1. The summed E-state index contributed by atoms with van der Waals surface area (Å²) in [5.41, 5.74) is -0.258. The predicted octanol–water partition coefficient (Wildman–Crippen LogP) is 6.01. The van der Waals surface area contributed by atoms with Crippen molar-refractivity contribution in [2.45, 2.75) is 30.8 Å². The van der Waals surface area contributed by atoms with E-state index in [0.717, 1.165) is 0 Å². The Morgan fingerprint density at radius 1 is 1.11 bits per heavy atom. The summed E-state index contributed by atoms with van der Waals surface area (Å²) in [5, 5.41) is 14.7. The van der Waals surface area contributed by atoms with Gasteiger partial charge in [0.25, 0.3) is 5.92 Å². The van der Waals surface area contributed by atoms with Crippen LogP contribution in [-0.4, -0.2) is 53.5 Å². The lowest BCUT2D eigenvalue weighted by molar-refractivity contribution is -0.149. The Hall–Kier alpha value is -1.84. The Morgan fingerprint density at radius 2 is 1.75 bits per heavy atom. The number of carboxylic acid groups (broad SMARTS) is 1. The van der Waals surface area contributed by atoms with E-state index < -0.39 is 54.2 Å². The lowest BCUT2D eigenvalue weighted by Gasteiger charge is -2.38. The van der Waals surface area contributed by atoms with E-state index in [1.807, 2.05) is 0 Å². The van der Waals surface area contributed by atoms with Gasteiger partial charge in [0, 0.05) is 51.9 Å². The standard InChI is InChI=1S/C24H21Cl4F2N3O3/c1-2-32(14-4-11(25)3-12(26)5-14)21(34)18-17-8-23(29,30)10-33(17)24(19(18)22(35)36)9-31-20-15(24)6-13(27)7-16(20)28/h3-7,17-19,31H,2,8-10H2,1H3,(H,35,36)/t17-,18+,19-,24+/m1/s1. The first-order chi connectivity index (χ1) is 16.9. The molecule has 2 N–H and O–H groups in total. The highest BCUT2D eigenvalue weighted by molar-refractivity contribution is 6.37. The first-order valence-corrected chi connectivity index (χ1v) is 12.8. The molecule has 0 aromatic heterocycles. The molecule has 4 atom stereocenters. The van der Waals surface area contributed by atoms with Gasteiger partial charge in [-0.05, 0) is 37.3 Å². The quantitative estimate of drug-likeness (QED) is 0.464. The lowest BCUT2D eigenvalue weighted by atomic mass is 9.74. The summed E-state index contributed by atoms with van der Waals surface area (Å²) in [6.07, 6.45) is -0.646. The van der Waals surface area contributed by atoms with Crippen molar-refractivity contribution in [3.05, 3.63) is 56.0 Å². The molecule has 2 fully saturated rings. The van der Waals surface area contributed by atoms with E-state index in [2.05, 4.69) is 5.32 Å². The van der Waals surface area contributed by atoms with Crippen LogP contribution in [0.25, 0.3) is 0 Å². The van der Waals surface area contributed by atoms with Gasteiger partial charge in [-0.3, -0.25) is 14.5 Å². The van der Waals surface area contributed by atoms with E-state index in [0.29, 0.717) is 16.9 Å². The van der Waals surface area contributed by atoms with E-state index in [9.17, 15) is 23.5 Å². The zero-order valence-electron chi connectivity index (χ0n) is 18.9. The number of rotatable bonds is 4. The second-order valence-electron chi connectivity index (χ2n) is 9.40. The van der Waals surface area contributed by atoms with Crippen LogP contribution in [0.15, 0.2) is 30.3 Å². The van der Waals surface area contributed by atoms with Crippen LogP contribution in [0.1, 0.15) is 18.9 Å². The lowest BCUT2D eigenvalue weighted by Crippen LogP contribution is -2.51. The fourth-order valence-corrected chi connectivity index (χ4v) is 7.33. The van der Waals surface area contributed by atoms with Gasteiger partial charge in [0.2, 0.25) is 5.91 Å². The van der Waals surface area contributed by atoms with Crippen molar-refractivity contribution < 1.29 is 23.5 Å². The smallest absolute Gasteiger partial charge is 0.309 e. The van der Waals surface area contributed by atoms with Crippen LogP contribution >= 0.6 is 46.4 Å². The number of nitrogens with one attached hydrogen (secondary N) is 1. The summed E-state index contributed by atoms with van der Waals surface area (Å²) < 4.78 is 29.8. The zero-order valence-corrected chi connectivity index (χ0v) is 21.9. The molecule has 3 aliphatic heterocycles. The van der Waals surface area contributed by atoms with Gasteiger partial charge in [-0.15, -0.1) is 0 Å². The molecule has 3 aliphatic rings. The van der Waals surface area contributed by atoms with Crippen molar-refractivity contribution in [1.29, 1.82) is 0 Å². The van der Waals surface area contributed by atoms with E-state index in [4.69, 9.17) is 46.4 Å². The number of carboxylic acids is 1. The zero-order chi connectivity index (χ0) is 26.2. The van der Waals surface area contributed by atoms with Crippen molar-refractivity contribution >= 4 is 69.7 Å². The number of alkyl halides is 2. The number of halogens is 6. The molecule has 12 heteroatoms. The van der Waals surface area contributed by atoms with Gasteiger partial charge in [-0.1, -0.05) is 46.4 Å². The predicted molar refractivity (Wildman–Crippen MR) is 136 cm³/mol. The highest BCUT2D eigenvalue weighted by Gasteiger charge is 2.71. The minimum Gasteiger partial charge on any atom is -0.481 e. The molecule has 2 aromatic carbocycles. The van der Waals surface area contributed by atoms with Crippen molar-refractivity contribution in [2.24, 2.45) is 11.8 Å². The summed E-state index contributed by atoms with van der Waals surface area (Å²) in [4.78, 5) is 29.8. The van der Waals surface area contributed by atoms with Crippen molar-refractivity contribution in [3.8, 4) is 0 Å². The van der Waals surface area contributed by atoms with Crippen LogP contribution in [0.5, 0.6) is 0 Å². The summed E-state index contributed by atoms with van der Waals surface area (Å²) >= 11 is 25.0. The minimum absolute atomic E-state index is 0.00909. The molecule has 1 amide bonds. The molecule has 0 saturated carbocycles. The summed E-state index contributed by atoms with van der Waals surface area (Å²) in [6.45, 7) is 1.16. The monoisotopic (exact) mass is 577 g/mol. The van der Waals surface area contributed by atoms with Crippen LogP contribution in [0, 0.1) is 11.8 Å². The van der Waals surface area contributed by atoms with E-state index in [1.54, 1.807) is 13.0 Å². The maximum atomic E-state index is 14.9. The van der Waals surface area contributed by atoms with Gasteiger partial charge in [0.15, 0.2) is 0 Å². The fraction of sp³-hybridized carbons (Fsp3) is 0.417. The van der Waals surface area contributed by atoms with E-state index in [-0.39, 0.29) is 33.2 Å². The Labute approximate surface area is 226 Å². The van der Waals surface area contributed by atoms with Crippen LogP contribution < -0.4 is 10.2 Å². The topological polar surface area (TPSA) is 72.9 Å². The number of fused-ring (bicyclic) bond motifs is 4. The maximum Gasteiger partial charge on any atom is 0.309 e. The van der Waals surface area contributed by atoms with Crippen LogP contribution in [0.2, 0.25) is 20.1 Å². The molecule has 0 aliphatic carbocycles. The number of hydrogen-bond donors (Lipinski definition) is 2. The molecule has 2 aromatic rings. The molecule has 3 heterocycles. The minimum atomic E-state index is -3.11. The fourth-order valence-electron chi connectivity index (χ4n) is 6.26. The first kappa shape index (κ1) is 25.8. The third kappa shape index (κ3) is 3.84. The molecule has 192 valence electrons. The number of carbonyl (C=O) groups excluding carboxylic acids is 1. The number of carbonyl (C=O) groups is 2. The SMILES string of the molecule is CCN(C(=O)[C@H]1[C@H]2CC(F)(F)CN2[C@]2(CNc3c(Cl)cc(Cl)cc32)[C@H]1C(=O)O)c1cc(Cl)cc(Cl)c1. The third-order valence-electron chi connectivity index (χ3n) is 7.46. The number of amides is 1. The van der Waals surface area contributed by atoms with Crippen molar-refractivity contribution in [3.63, 3.8) is 0 Å². The largest absolute Gasteiger partial charge is 0.481 e. The molecule has 0 bridgehead atoms. The average molecular weight is 579 g/mol. The summed E-state index contributed by atoms with van der Waals surface area (Å²) in [6, 6.07) is 6.59. The molecule has 1 spiro atoms. The Balaban J connectivity index is 1.69. The van der Waals surface area contributed by atoms with Crippen molar-refractivity contribution in [2.75, 3.05) is 29.9 Å². The second kappa shape index (κ2) is 8.88. The Kier molecular flexibility index (Phi) is 6.36. The summed E-state index contributed by atoms with van der Waals surface area (Å²) in [7, 11) is 0. The Morgan fingerprint density at radius 3 is 2.36 bits per heavy atom. The highest BCUT2D eigenvalue weighted by Crippen LogP contribution is 2.60.